The van der Waals surface area contributed by atoms with Crippen molar-refractivity contribution in [3.05, 3.63) is 81.9 Å². The Morgan fingerprint density at radius 2 is 1.44 bits per heavy atom. The monoisotopic (exact) mass is 459 g/mol. The SMILES string of the molecule is O=C(Cn1nc(-c2ccc(F)cc2)ccc1=O)Nc1cc(C(F)(F)F)cc(C(F)(F)F)c1. The van der Waals surface area contributed by atoms with Gasteiger partial charge in [-0.2, -0.15) is 31.4 Å². The lowest BCUT2D eigenvalue weighted by atomic mass is 10.1. The highest BCUT2D eigenvalue weighted by Gasteiger charge is 2.37. The zero-order chi connectivity index (χ0) is 23.7. The molecule has 0 aliphatic heterocycles. The van der Waals surface area contributed by atoms with E-state index in [0.29, 0.717) is 22.4 Å². The number of amides is 1. The molecule has 0 aliphatic rings. The molecule has 0 saturated carbocycles. The Hall–Kier alpha value is -3.70. The predicted octanol–water partition coefficient (Wildman–Crippen LogP) is 4.73. The van der Waals surface area contributed by atoms with E-state index in [1.54, 1.807) is 0 Å². The fraction of sp³-hybridized carbons (Fsp3) is 0.150. The van der Waals surface area contributed by atoms with Crippen molar-refractivity contribution < 1.29 is 35.5 Å². The minimum absolute atomic E-state index is 0.0755. The minimum Gasteiger partial charge on any atom is -0.324 e. The Kier molecular flexibility index (Phi) is 6.06. The normalized spacial score (nSPS) is 12.0. The topological polar surface area (TPSA) is 64.0 Å². The van der Waals surface area contributed by atoms with Gasteiger partial charge in [-0.15, -0.1) is 0 Å². The van der Waals surface area contributed by atoms with Crippen molar-refractivity contribution in [1.29, 1.82) is 0 Å². The number of nitrogens with one attached hydrogen (secondary N) is 1. The second kappa shape index (κ2) is 8.44. The third kappa shape index (κ3) is 5.50. The average molecular weight is 459 g/mol. The molecule has 1 N–H and O–H groups in total. The predicted molar refractivity (Wildman–Crippen MR) is 99.0 cm³/mol. The molecule has 0 spiro atoms. The third-order valence-electron chi connectivity index (χ3n) is 4.17. The highest BCUT2D eigenvalue weighted by Crippen LogP contribution is 2.37. The van der Waals surface area contributed by atoms with E-state index < -0.39 is 53.0 Å². The summed E-state index contributed by atoms with van der Waals surface area (Å²) in [6.45, 7) is -0.786. The van der Waals surface area contributed by atoms with E-state index in [4.69, 9.17) is 0 Å². The summed E-state index contributed by atoms with van der Waals surface area (Å²) in [5.74, 6) is -1.59. The highest BCUT2D eigenvalue weighted by molar-refractivity contribution is 5.90. The molecule has 3 aromatic rings. The molecule has 1 amide bonds. The maximum Gasteiger partial charge on any atom is 0.416 e. The maximum atomic E-state index is 13.1. The summed E-state index contributed by atoms with van der Waals surface area (Å²) in [6.07, 6.45) is -10.2. The van der Waals surface area contributed by atoms with Gasteiger partial charge in [-0.3, -0.25) is 9.59 Å². The average Bonchev–Trinajstić information content (AvgIpc) is 2.69. The third-order valence-corrected chi connectivity index (χ3v) is 4.17. The molecule has 0 atom stereocenters. The Bertz CT molecular complexity index is 1170. The Morgan fingerprint density at radius 1 is 0.875 bits per heavy atom. The van der Waals surface area contributed by atoms with Crippen LogP contribution in [-0.2, 0) is 23.7 Å². The van der Waals surface area contributed by atoms with Gasteiger partial charge >= 0.3 is 12.4 Å². The number of aromatic nitrogens is 2. The van der Waals surface area contributed by atoms with E-state index in [1.807, 2.05) is 5.32 Å². The zero-order valence-electron chi connectivity index (χ0n) is 15.8. The Morgan fingerprint density at radius 3 is 1.97 bits per heavy atom. The summed E-state index contributed by atoms with van der Waals surface area (Å²) in [6, 6.07) is 8.01. The number of alkyl halides is 6. The second-order valence-electron chi connectivity index (χ2n) is 6.56. The largest absolute Gasteiger partial charge is 0.416 e. The molecule has 0 unspecified atom stereocenters. The van der Waals surface area contributed by atoms with Gasteiger partial charge in [0.05, 0.1) is 16.8 Å². The number of halogens is 7. The zero-order valence-corrected chi connectivity index (χ0v) is 15.8. The fourth-order valence-corrected chi connectivity index (χ4v) is 2.70. The van der Waals surface area contributed by atoms with Crippen LogP contribution in [0.4, 0.5) is 36.4 Å². The lowest BCUT2D eigenvalue weighted by Gasteiger charge is -2.15. The van der Waals surface area contributed by atoms with Crippen LogP contribution in [0.3, 0.4) is 0 Å². The number of rotatable bonds is 4. The first-order valence-electron chi connectivity index (χ1n) is 8.76. The summed E-state index contributed by atoms with van der Waals surface area (Å²) < 4.78 is 91.4. The summed E-state index contributed by atoms with van der Waals surface area (Å²) in [7, 11) is 0. The van der Waals surface area contributed by atoms with E-state index in [2.05, 4.69) is 5.10 Å². The number of benzene rings is 2. The van der Waals surface area contributed by atoms with Crippen molar-refractivity contribution in [2.45, 2.75) is 18.9 Å². The van der Waals surface area contributed by atoms with Gasteiger partial charge in [-0.25, -0.2) is 9.07 Å². The maximum absolute atomic E-state index is 13.1. The van der Waals surface area contributed by atoms with Gasteiger partial charge < -0.3 is 5.32 Å². The van der Waals surface area contributed by atoms with Crippen LogP contribution in [0, 0.1) is 5.82 Å². The van der Waals surface area contributed by atoms with E-state index in [1.165, 1.54) is 18.2 Å². The van der Waals surface area contributed by atoms with Crippen LogP contribution in [0.2, 0.25) is 0 Å². The van der Waals surface area contributed by atoms with Crippen molar-refractivity contribution in [2.24, 2.45) is 0 Å². The van der Waals surface area contributed by atoms with Gasteiger partial charge in [-0.1, -0.05) is 0 Å². The van der Waals surface area contributed by atoms with Crippen molar-refractivity contribution in [3.63, 3.8) is 0 Å². The molecule has 0 aliphatic carbocycles. The first-order valence-corrected chi connectivity index (χ1v) is 8.76. The number of nitrogens with zero attached hydrogens (tertiary/aromatic N) is 2. The van der Waals surface area contributed by atoms with Gasteiger partial charge in [0.25, 0.3) is 5.56 Å². The molecular formula is C20H12F7N3O2. The van der Waals surface area contributed by atoms with Crippen LogP contribution in [0.1, 0.15) is 11.1 Å². The van der Waals surface area contributed by atoms with Gasteiger partial charge in [0.1, 0.15) is 12.4 Å². The molecule has 12 heteroatoms. The molecule has 1 heterocycles. The molecule has 3 rings (SSSR count). The van der Waals surface area contributed by atoms with E-state index in [0.717, 1.165) is 18.2 Å². The van der Waals surface area contributed by atoms with Crippen LogP contribution in [-0.4, -0.2) is 15.7 Å². The molecule has 0 radical (unpaired) electrons. The van der Waals surface area contributed by atoms with Gasteiger partial charge in [0.2, 0.25) is 5.91 Å². The number of carbonyl (C=O) groups is 1. The van der Waals surface area contributed by atoms with Crippen LogP contribution < -0.4 is 10.9 Å². The number of hydrogen-bond donors (Lipinski definition) is 1. The molecule has 0 saturated heterocycles. The second-order valence-corrected chi connectivity index (χ2v) is 6.56. The lowest BCUT2D eigenvalue weighted by Crippen LogP contribution is -2.29. The molecule has 1 aromatic heterocycles. The van der Waals surface area contributed by atoms with Crippen LogP contribution in [0.15, 0.2) is 59.4 Å². The van der Waals surface area contributed by atoms with Gasteiger partial charge in [-0.05, 0) is 48.5 Å². The molecule has 32 heavy (non-hydrogen) atoms. The van der Waals surface area contributed by atoms with Crippen LogP contribution in [0.5, 0.6) is 0 Å². The summed E-state index contributed by atoms with van der Waals surface area (Å²) in [5.41, 5.74) is -4.09. The standard InChI is InChI=1S/C20H12F7N3O2/c21-14-3-1-11(2-4-14)16-5-6-18(32)30(29-16)10-17(31)28-15-8-12(19(22,23)24)7-13(9-15)20(25,26)27/h1-9H,10H2,(H,28,31). The van der Waals surface area contributed by atoms with E-state index in [9.17, 15) is 40.3 Å². The first kappa shape index (κ1) is 23.0. The van der Waals surface area contributed by atoms with Crippen molar-refractivity contribution >= 4 is 11.6 Å². The lowest BCUT2D eigenvalue weighted by molar-refractivity contribution is -0.143. The fourth-order valence-electron chi connectivity index (χ4n) is 2.70. The number of hydrogen-bond acceptors (Lipinski definition) is 3. The molecule has 0 fully saturated rings. The van der Waals surface area contributed by atoms with Crippen LogP contribution >= 0.6 is 0 Å². The quantitative estimate of drug-likeness (QED) is 0.574. The molecule has 0 bridgehead atoms. The molecule has 2 aromatic carbocycles. The smallest absolute Gasteiger partial charge is 0.324 e. The van der Waals surface area contributed by atoms with Crippen molar-refractivity contribution in [1.82, 2.24) is 9.78 Å². The summed E-state index contributed by atoms with van der Waals surface area (Å²) in [5, 5.41) is 5.85. The molecule has 5 nitrogen and oxygen atoms in total. The van der Waals surface area contributed by atoms with Crippen molar-refractivity contribution in [3.8, 4) is 11.3 Å². The van der Waals surface area contributed by atoms with Crippen molar-refractivity contribution in [2.75, 3.05) is 5.32 Å². The van der Waals surface area contributed by atoms with Crippen LogP contribution in [0.25, 0.3) is 11.3 Å². The molecular weight excluding hydrogens is 447 g/mol. The Balaban J connectivity index is 1.86. The number of carbonyl (C=O) groups excluding carboxylic acids is 1. The highest BCUT2D eigenvalue weighted by atomic mass is 19.4. The van der Waals surface area contributed by atoms with Gasteiger partial charge in [0, 0.05) is 17.3 Å². The molecule has 168 valence electrons. The van der Waals surface area contributed by atoms with E-state index in [-0.39, 0.29) is 11.8 Å². The van der Waals surface area contributed by atoms with E-state index >= 15 is 0 Å². The Labute approximate surface area is 175 Å². The number of anilines is 1. The minimum atomic E-state index is -5.08. The van der Waals surface area contributed by atoms with Gasteiger partial charge in [0.15, 0.2) is 0 Å². The summed E-state index contributed by atoms with van der Waals surface area (Å²) in [4.78, 5) is 24.2. The first-order chi connectivity index (χ1) is 14.8. The summed E-state index contributed by atoms with van der Waals surface area (Å²) >= 11 is 0.